The molecule has 0 aliphatic carbocycles. The summed E-state index contributed by atoms with van der Waals surface area (Å²) in [6, 6.07) is 27.0. The molecule has 3 heteroatoms. The Hall–Kier alpha value is -2.78. The molecule has 0 heterocycles. The topological polar surface area (TPSA) is 21.7 Å². The van der Waals surface area contributed by atoms with E-state index in [0.29, 0.717) is 0 Å². The molecule has 0 saturated carbocycles. The van der Waals surface area contributed by atoms with Crippen LogP contribution in [0.3, 0.4) is 0 Å². The average Bonchev–Trinajstić information content (AvgIpc) is 2.69. The summed E-state index contributed by atoms with van der Waals surface area (Å²) >= 11 is 0. The summed E-state index contributed by atoms with van der Waals surface area (Å²) in [5.41, 5.74) is 3.61. The Morgan fingerprint density at radius 2 is 1.15 bits per heavy atom. The number of hydrogen-bond acceptors (Lipinski definition) is 3. The third-order valence-corrected chi connectivity index (χ3v) is 4.02. The fraction of sp³-hybridized carbons (Fsp3) is 0.250. The quantitative estimate of drug-likeness (QED) is 0.591. The van der Waals surface area contributed by atoms with Crippen molar-refractivity contribution >= 4 is 0 Å². The summed E-state index contributed by atoms with van der Waals surface area (Å²) in [6.07, 6.45) is 0. The van der Waals surface area contributed by atoms with Crippen molar-refractivity contribution in [2.45, 2.75) is 5.92 Å². The van der Waals surface area contributed by atoms with Crippen LogP contribution >= 0.6 is 0 Å². The highest BCUT2D eigenvalue weighted by Gasteiger charge is 2.20. The van der Waals surface area contributed by atoms with E-state index in [9.17, 15) is 0 Å². The molecule has 0 bridgehead atoms. The predicted octanol–water partition coefficient (Wildman–Crippen LogP) is 5.06. The van der Waals surface area contributed by atoms with Crippen molar-refractivity contribution in [3.8, 4) is 11.5 Å². The first-order chi connectivity index (χ1) is 13.1. The first kappa shape index (κ1) is 20.5. The summed E-state index contributed by atoms with van der Waals surface area (Å²) in [5, 5.41) is 0. The summed E-state index contributed by atoms with van der Waals surface area (Å²) in [7, 11) is 9.37. The van der Waals surface area contributed by atoms with E-state index in [1.54, 1.807) is 14.2 Å². The Kier molecular flexibility index (Phi) is 7.90. The van der Waals surface area contributed by atoms with Gasteiger partial charge in [-0.05, 0) is 38.3 Å². The molecule has 0 saturated heterocycles. The van der Waals surface area contributed by atoms with Crippen LogP contribution in [-0.4, -0.2) is 40.3 Å². The molecule has 0 fully saturated rings. The molecule has 0 unspecified atom stereocenters. The molecular formula is C24H29NO2. The van der Waals surface area contributed by atoms with Gasteiger partial charge < -0.3 is 14.4 Å². The van der Waals surface area contributed by atoms with Gasteiger partial charge in [-0.1, -0.05) is 66.7 Å². The Morgan fingerprint density at radius 3 is 1.56 bits per heavy atom. The fourth-order valence-corrected chi connectivity index (χ4v) is 2.90. The number of rotatable bonds is 5. The van der Waals surface area contributed by atoms with Crippen LogP contribution in [0.2, 0.25) is 0 Å². The molecule has 3 nitrogen and oxygen atoms in total. The zero-order valence-electron chi connectivity index (χ0n) is 16.8. The second-order valence-corrected chi connectivity index (χ2v) is 6.70. The number of nitrogens with zero attached hydrogens (tertiary/aromatic N) is 1. The van der Waals surface area contributed by atoms with Crippen molar-refractivity contribution in [1.29, 1.82) is 0 Å². The number of ether oxygens (including phenoxy) is 2. The Balaban J connectivity index is 0.000000596. The second kappa shape index (κ2) is 10.4. The van der Waals surface area contributed by atoms with Crippen LogP contribution in [0.5, 0.6) is 11.5 Å². The lowest BCUT2D eigenvalue weighted by Gasteiger charge is -2.21. The minimum atomic E-state index is 0.123. The van der Waals surface area contributed by atoms with Crippen LogP contribution in [0, 0.1) is 0 Å². The molecule has 0 radical (unpaired) electrons. The van der Waals surface area contributed by atoms with Crippen LogP contribution in [0.4, 0.5) is 0 Å². The molecule has 0 atom stereocenters. The van der Waals surface area contributed by atoms with E-state index < -0.39 is 0 Å². The SMILES string of the molecule is CN(C)C.COc1ccc(C(c2ccccc2)c2ccccc2)c(OC)c1. The predicted molar refractivity (Wildman–Crippen MR) is 113 cm³/mol. The molecule has 3 aromatic carbocycles. The molecule has 3 aromatic rings. The lowest BCUT2D eigenvalue weighted by atomic mass is 9.84. The summed E-state index contributed by atoms with van der Waals surface area (Å²) < 4.78 is 11.0. The molecule has 0 aliphatic rings. The van der Waals surface area contributed by atoms with Crippen LogP contribution in [-0.2, 0) is 0 Å². The van der Waals surface area contributed by atoms with Crippen molar-refractivity contribution in [2.75, 3.05) is 35.4 Å². The van der Waals surface area contributed by atoms with Gasteiger partial charge in [0.25, 0.3) is 0 Å². The van der Waals surface area contributed by atoms with E-state index in [-0.39, 0.29) is 5.92 Å². The molecule has 142 valence electrons. The van der Waals surface area contributed by atoms with Crippen molar-refractivity contribution in [3.63, 3.8) is 0 Å². The minimum Gasteiger partial charge on any atom is -0.497 e. The molecule has 0 aromatic heterocycles. The van der Waals surface area contributed by atoms with E-state index >= 15 is 0 Å². The average molecular weight is 364 g/mol. The van der Waals surface area contributed by atoms with Crippen molar-refractivity contribution in [3.05, 3.63) is 95.6 Å². The van der Waals surface area contributed by atoms with Gasteiger partial charge in [-0.25, -0.2) is 0 Å². The van der Waals surface area contributed by atoms with Gasteiger partial charge >= 0.3 is 0 Å². The third kappa shape index (κ3) is 5.87. The Morgan fingerprint density at radius 1 is 0.667 bits per heavy atom. The Bertz CT molecular complexity index is 759. The minimum absolute atomic E-state index is 0.123. The van der Waals surface area contributed by atoms with Gasteiger partial charge in [0.05, 0.1) is 14.2 Å². The standard InChI is InChI=1S/C21H20O2.C3H9N/c1-22-18-13-14-19(20(15-18)23-2)21(16-9-5-3-6-10-16)17-11-7-4-8-12-17;1-4(2)3/h3-15,21H,1-2H3;1-3H3. The van der Waals surface area contributed by atoms with Crippen LogP contribution < -0.4 is 9.47 Å². The Labute approximate surface area is 163 Å². The second-order valence-electron chi connectivity index (χ2n) is 6.70. The van der Waals surface area contributed by atoms with Crippen molar-refractivity contribution < 1.29 is 9.47 Å². The van der Waals surface area contributed by atoms with E-state index in [1.807, 2.05) is 50.3 Å². The summed E-state index contributed by atoms with van der Waals surface area (Å²) in [4.78, 5) is 2.00. The van der Waals surface area contributed by atoms with E-state index in [1.165, 1.54) is 11.1 Å². The first-order valence-corrected chi connectivity index (χ1v) is 8.99. The molecule has 3 rings (SSSR count). The van der Waals surface area contributed by atoms with Crippen LogP contribution in [0.25, 0.3) is 0 Å². The number of benzene rings is 3. The highest BCUT2D eigenvalue weighted by atomic mass is 16.5. The van der Waals surface area contributed by atoms with Crippen molar-refractivity contribution in [1.82, 2.24) is 4.90 Å². The maximum Gasteiger partial charge on any atom is 0.126 e. The molecule has 27 heavy (non-hydrogen) atoms. The third-order valence-electron chi connectivity index (χ3n) is 4.02. The maximum absolute atomic E-state index is 5.63. The summed E-state index contributed by atoms with van der Waals surface area (Å²) in [6.45, 7) is 0. The van der Waals surface area contributed by atoms with E-state index in [0.717, 1.165) is 17.1 Å². The number of hydrogen-bond donors (Lipinski definition) is 0. The maximum atomic E-state index is 5.63. The normalized spacial score (nSPS) is 10.3. The zero-order valence-corrected chi connectivity index (χ0v) is 16.8. The fourth-order valence-electron chi connectivity index (χ4n) is 2.90. The van der Waals surface area contributed by atoms with Gasteiger partial charge in [0.1, 0.15) is 11.5 Å². The highest BCUT2D eigenvalue weighted by Crippen LogP contribution is 2.38. The number of methoxy groups -OCH3 is 2. The van der Waals surface area contributed by atoms with Gasteiger partial charge in [0, 0.05) is 17.5 Å². The van der Waals surface area contributed by atoms with Gasteiger partial charge in [-0.3, -0.25) is 0 Å². The molecular weight excluding hydrogens is 334 g/mol. The first-order valence-electron chi connectivity index (χ1n) is 8.99. The smallest absolute Gasteiger partial charge is 0.126 e. The lowest BCUT2D eigenvalue weighted by Crippen LogP contribution is -2.05. The molecule has 0 spiro atoms. The zero-order chi connectivity index (χ0) is 19.6. The largest absolute Gasteiger partial charge is 0.497 e. The van der Waals surface area contributed by atoms with E-state index in [2.05, 4.69) is 54.6 Å². The lowest BCUT2D eigenvalue weighted by molar-refractivity contribution is 0.390. The van der Waals surface area contributed by atoms with Gasteiger partial charge in [0.15, 0.2) is 0 Å². The molecule has 0 N–H and O–H groups in total. The van der Waals surface area contributed by atoms with Crippen LogP contribution in [0.15, 0.2) is 78.9 Å². The van der Waals surface area contributed by atoms with E-state index in [4.69, 9.17) is 9.47 Å². The monoisotopic (exact) mass is 363 g/mol. The van der Waals surface area contributed by atoms with Gasteiger partial charge in [-0.2, -0.15) is 0 Å². The highest BCUT2D eigenvalue weighted by molar-refractivity contribution is 5.51. The van der Waals surface area contributed by atoms with Gasteiger partial charge in [-0.15, -0.1) is 0 Å². The van der Waals surface area contributed by atoms with Crippen LogP contribution in [0.1, 0.15) is 22.6 Å². The van der Waals surface area contributed by atoms with Gasteiger partial charge in [0.2, 0.25) is 0 Å². The summed E-state index contributed by atoms with van der Waals surface area (Å²) in [5.74, 6) is 1.76. The van der Waals surface area contributed by atoms with Crippen molar-refractivity contribution in [2.24, 2.45) is 0 Å². The molecule has 0 amide bonds. The molecule has 0 aliphatic heterocycles.